The van der Waals surface area contributed by atoms with Crippen LogP contribution in [0.4, 0.5) is 5.69 Å². The van der Waals surface area contributed by atoms with Crippen molar-refractivity contribution < 1.29 is 0 Å². The molecule has 0 heterocycles. The molecule has 7 heteroatoms. The van der Waals surface area contributed by atoms with Gasteiger partial charge >= 0.3 is 0 Å². The van der Waals surface area contributed by atoms with Crippen LogP contribution in [-0.2, 0) is 0 Å². The molecule has 0 atom stereocenters. The van der Waals surface area contributed by atoms with Gasteiger partial charge in [0.1, 0.15) is 0 Å². The number of rotatable bonds is 1. The van der Waals surface area contributed by atoms with Gasteiger partial charge in [0.15, 0.2) is 5.96 Å². The van der Waals surface area contributed by atoms with E-state index in [1.54, 1.807) is 25.2 Å². The summed E-state index contributed by atoms with van der Waals surface area (Å²) in [6.07, 6.45) is 0. The zero-order valence-corrected chi connectivity index (χ0v) is 10.0. The first-order valence-corrected chi connectivity index (χ1v) is 5.04. The number of nitrogens with one attached hydrogen (secondary N) is 1. The van der Waals surface area contributed by atoms with E-state index in [0.29, 0.717) is 15.7 Å². The van der Waals surface area contributed by atoms with Crippen LogP contribution in [0.3, 0.4) is 0 Å². The molecule has 0 unspecified atom stereocenters. The summed E-state index contributed by atoms with van der Waals surface area (Å²) >= 11 is 11.7. The fourth-order valence-corrected chi connectivity index (χ4v) is 1.60. The van der Waals surface area contributed by atoms with E-state index in [1.165, 1.54) is 4.90 Å². The van der Waals surface area contributed by atoms with Gasteiger partial charge in [-0.1, -0.05) is 23.2 Å². The smallest absolute Gasteiger partial charge is 0.225 e. The maximum absolute atomic E-state index is 7.60. The second-order valence-electron chi connectivity index (χ2n) is 3.02. The van der Waals surface area contributed by atoms with Crippen LogP contribution in [0.25, 0.3) is 0 Å². The van der Waals surface area contributed by atoms with E-state index in [2.05, 4.69) is 4.99 Å². The van der Waals surface area contributed by atoms with E-state index in [0.717, 1.165) is 0 Å². The highest BCUT2D eigenvalue weighted by Crippen LogP contribution is 2.28. The second-order valence-corrected chi connectivity index (χ2v) is 3.86. The second kappa shape index (κ2) is 5.05. The van der Waals surface area contributed by atoms with Crippen molar-refractivity contribution in [1.29, 1.82) is 5.41 Å². The van der Waals surface area contributed by atoms with E-state index in [-0.39, 0.29) is 11.9 Å². The highest BCUT2D eigenvalue weighted by molar-refractivity contribution is 6.36. The lowest BCUT2D eigenvalue weighted by Gasteiger charge is -2.18. The van der Waals surface area contributed by atoms with E-state index >= 15 is 0 Å². The summed E-state index contributed by atoms with van der Waals surface area (Å²) in [5.74, 6) is -0.286. The lowest BCUT2D eigenvalue weighted by atomic mass is 10.3. The van der Waals surface area contributed by atoms with Crippen molar-refractivity contribution >= 4 is 40.8 Å². The maximum Gasteiger partial charge on any atom is 0.225 e. The summed E-state index contributed by atoms with van der Waals surface area (Å²) in [5.41, 5.74) is 11.0. The topological polar surface area (TPSA) is 91.5 Å². The highest BCUT2D eigenvalue weighted by Gasteiger charge is 2.10. The van der Waals surface area contributed by atoms with Gasteiger partial charge in [-0.15, -0.1) is 0 Å². The average Bonchev–Trinajstić information content (AvgIpc) is 2.15. The van der Waals surface area contributed by atoms with E-state index in [1.807, 2.05) is 0 Å². The molecule has 0 radical (unpaired) electrons. The lowest BCUT2D eigenvalue weighted by Crippen LogP contribution is -2.30. The molecule has 0 aliphatic carbocycles. The molecule has 0 amide bonds. The summed E-state index contributed by atoms with van der Waals surface area (Å²) in [6, 6.07) is 4.93. The van der Waals surface area contributed by atoms with Crippen LogP contribution in [0.1, 0.15) is 0 Å². The van der Waals surface area contributed by atoms with Gasteiger partial charge in [-0.3, -0.25) is 5.41 Å². The largest absolute Gasteiger partial charge is 0.370 e. The molecule has 0 aliphatic rings. The predicted molar refractivity (Wildman–Crippen MR) is 68.4 cm³/mol. The molecule has 16 heavy (non-hydrogen) atoms. The van der Waals surface area contributed by atoms with Gasteiger partial charge in [-0.05, 0) is 18.2 Å². The number of guanidine groups is 2. The van der Waals surface area contributed by atoms with Gasteiger partial charge in [-0.2, -0.15) is 4.99 Å². The van der Waals surface area contributed by atoms with Crippen molar-refractivity contribution in [3.63, 3.8) is 0 Å². The standard InChI is InChI=1S/C9H11Cl2N5/c1-16(9(14)15-8(12)13)7-3-2-5(10)4-6(7)11/h2-4H,1H3,(H5,12,13,14,15). The highest BCUT2D eigenvalue weighted by atomic mass is 35.5. The van der Waals surface area contributed by atoms with Crippen molar-refractivity contribution in [1.82, 2.24) is 0 Å². The van der Waals surface area contributed by atoms with Crippen LogP contribution in [-0.4, -0.2) is 19.0 Å². The Hall–Kier alpha value is -1.46. The number of hydrogen-bond acceptors (Lipinski definition) is 1. The molecule has 0 fully saturated rings. The van der Waals surface area contributed by atoms with Crippen molar-refractivity contribution in [2.45, 2.75) is 0 Å². The number of benzene rings is 1. The van der Waals surface area contributed by atoms with Crippen LogP contribution in [0.2, 0.25) is 10.0 Å². The minimum absolute atomic E-state index is 0.107. The molecular formula is C9H11Cl2N5. The number of hydrogen-bond donors (Lipinski definition) is 3. The van der Waals surface area contributed by atoms with Gasteiger partial charge < -0.3 is 16.4 Å². The van der Waals surface area contributed by atoms with E-state index in [4.69, 9.17) is 40.1 Å². The normalized spacial score (nSPS) is 9.69. The quantitative estimate of drug-likeness (QED) is 0.529. The summed E-state index contributed by atoms with van der Waals surface area (Å²) in [4.78, 5) is 5.05. The molecule has 86 valence electrons. The van der Waals surface area contributed by atoms with Gasteiger partial charge in [0.2, 0.25) is 5.96 Å². The Morgan fingerprint density at radius 3 is 2.50 bits per heavy atom. The van der Waals surface area contributed by atoms with Crippen LogP contribution < -0.4 is 16.4 Å². The molecule has 0 spiro atoms. The van der Waals surface area contributed by atoms with Crippen molar-refractivity contribution in [2.75, 3.05) is 11.9 Å². The average molecular weight is 260 g/mol. The molecule has 0 bridgehead atoms. The Morgan fingerprint density at radius 1 is 1.38 bits per heavy atom. The fourth-order valence-electron chi connectivity index (χ4n) is 1.06. The summed E-state index contributed by atoms with van der Waals surface area (Å²) in [6.45, 7) is 0. The molecule has 5 N–H and O–H groups in total. The summed E-state index contributed by atoms with van der Waals surface area (Å²) in [5, 5.41) is 8.55. The molecule has 5 nitrogen and oxygen atoms in total. The first-order chi connectivity index (χ1) is 7.41. The Labute approximate surface area is 103 Å². The van der Waals surface area contributed by atoms with Gasteiger partial charge in [0.25, 0.3) is 0 Å². The predicted octanol–water partition coefficient (Wildman–Crippen LogP) is 1.64. The zero-order valence-electron chi connectivity index (χ0n) is 8.54. The maximum atomic E-state index is 7.60. The molecule has 0 saturated carbocycles. The Balaban J connectivity index is 3.01. The molecule has 1 aromatic rings. The van der Waals surface area contributed by atoms with Crippen LogP contribution in [0, 0.1) is 5.41 Å². The monoisotopic (exact) mass is 259 g/mol. The van der Waals surface area contributed by atoms with Crippen molar-refractivity contribution in [3.05, 3.63) is 28.2 Å². The minimum atomic E-state index is -0.179. The summed E-state index contributed by atoms with van der Waals surface area (Å²) in [7, 11) is 1.63. The van der Waals surface area contributed by atoms with Gasteiger partial charge in [0.05, 0.1) is 10.7 Å². The van der Waals surface area contributed by atoms with Gasteiger partial charge in [-0.25, -0.2) is 0 Å². The third kappa shape index (κ3) is 3.01. The number of nitrogens with zero attached hydrogens (tertiary/aromatic N) is 2. The molecule has 0 aromatic heterocycles. The van der Waals surface area contributed by atoms with Crippen molar-refractivity contribution in [3.8, 4) is 0 Å². The van der Waals surface area contributed by atoms with E-state index in [9.17, 15) is 0 Å². The first-order valence-electron chi connectivity index (χ1n) is 4.28. The molecule has 1 rings (SSSR count). The number of aliphatic imine (C=N–C) groups is 1. The third-order valence-electron chi connectivity index (χ3n) is 1.82. The minimum Gasteiger partial charge on any atom is -0.370 e. The Bertz CT molecular complexity index is 440. The molecule has 0 saturated heterocycles. The molecular weight excluding hydrogens is 249 g/mol. The molecule has 1 aromatic carbocycles. The lowest BCUT2D eigenvalue weighted by molar-refractivity contribution is 1.19. The Morgan fingerprint density at radius 2 is 2.00 bits per heavy atom. The number of anilines is 1. The summed E-state index contributed by atoms with van der Waals surface area (Å²) < 4.78 is 0. The molecule has 0 aliphatic heterocycles. The first kappa shape index (κ1) is 12.6. The fraction of sp³-hybridized carbons (Fsp3) is 0.111. The number of nitrogens with two attached hydrogens (primary N) is 2. The van der Waals surface area contributed by atoms with Crippen LogP contribution in [0.15, 0.2) is 23.2 Å². The van der Waals surface area contributed by atoms with Gasteiger partial charge in [0, 0.05) is 12.1 Å². The van der Waals surface area contributed by atoms with Crippen LogP contribution in [0.5, 0.6) is 0 Å². The number of halogens is 2. The van der Waals surface area contributed by atoms with Crippen LogP contribution >= 0.6 is 23.2 Å². The third-order valence-corrected chi connectivity index (χ3v) is 2.36. The Kier molecular flexibility index (Phi) is 3.98. The van der Waals surface area contributed by atoms with Crippen molar-refractivity contribution in [2.24, 2.45) is 16.5 Å². The van der Waals surface area contributed by atoms with E-state index < -0.39 is 0 Å². The SMILES string of the molecule is CN(C(=N)N=C(N)N)c1ccc(Cl)cc1Cl. The zero-order chi connectivity index (χ0) is 12.3.